The van der Waals surface area contributed by atoms with Gasteiger partial charge in [-0.15, -0.1) is 11.3 Å². The second-order valence-electron chi connectivity index (χ2n) is 8.76. The van der Waals surface area contributed by atoms with Gasteiger partial charge in [0, 0.05) is 18.1 Å². The third-order valence-corrected chi connectivity index (χ3v) is 8.19. The van der Waals surface area contributed by atoms with Gasteiger partial charge in [0.25, 0.3) is 5.91 Å². The van der Waals surface area contributed by atoms with Gasteiger partial charge >= 0.3 is 0 Å². The van der Waals surface area contributed by atoms with Crippen molar-refractivity contribution in [2.24, 2.45) is 7.05 Å². The largest absolute Gasteiger partial charge is 0.394 e. The average Bonchev–Trinajstić information content (AvgIpc) is 3.49. The number of aryl methyl sites for hydroxylation is 1. The van der Waals surface area contributed by atoms with Gasteiger partial charge in [0.05, 0.1) is 53.6 Å². The molecule has 190 valence electrons. The topological polar surface area (TPSA) is 105 Å². The van der Waals surface area contributed by atoms with Crippen LogP contribution in [0, 0.1) is 11.6 Å². The molecular weight excluding hydrogens is 526 g/mol. The smallest absolute Gasteiger partial charge is 0.259 e. The number of hydrogen-bond donors (Lipinski definition) is 2. The van der Waals surface area contributed by atoms with Crippen molar-refractivity contribution in [2.75, 3.05) is 25.1 Å². The maximum Gasteiger partial charge on any atom is 0.259 e. The van der Waals surface area contributed by atoms with E-state index in [-0.39, 0.29) is 35.3 Å². The summed E-state index contributed by atoms with van der Waals surface area (Å²) in [6, 6.07) is 7.71. The number of nitrogens with zero attached hydrogens (tertiary/aromatic N) is 5. The van der Waals surface area contributed by atoms with Crippen LogP contribution in [0.15, 0.2) is 42.7 Å². The van der Waals surface area contributed by atoms with Crippen molar-refractivity contribution >= 4 is 40.6 Å². The number of amides is 1. The van der Waals surface area contributed by atoms with Crippen LogP contribution in [-0.4, -0.2) is 55.5 Å². The molecule has 1 spiro atoms. The zero-order chi connectivity index (χ0) is 25.9. The summed E-state index contributed by atoms with van der Waals surface area (Å²) in [5, 5.41) is 17.7. The van der Waals surface area contributed by atoms with Gasteiger partial charge in [-0.3, -0.25) is 9.48 Å². The van der Waals surface area contributed by atoms with E-state index in [0.29, 0.717) is 21.3 Å². The van der Waals surface area contributed by atoms with Crippen molar-refractivity contribution < 1.29 is 23.4 Å². The lowest BCUT2D eigenvalue weighted by molar-refractivity contribution is -0.139. The molecule has 37 heavy (non-hydrogen) atoms. The molecule has 0 radical (unpaired) electrons. The fourth-order valence-electron chi connectivity index (χ4n) is 4.76. The monoisotopic (exact) mass is 544 g/mol. The van der Waals surface area contributed by atoms with Gasteiger partial charge in [0.15, 0.2) is 11.6 Å². The number of aliphatic hydroxyl groups excluding tert-OH is 1. The first kappa shape index (κ1) is 23.9. The number of carbonyl (C=O) groups excluding carboxylic acids is 1. The van der Waals surface area contributed by atoms with E-state index in [9.17, 15) is 14.3 Å². The van der Waals surface area contributed by atoms with E-state index in [2.05, 4.69) is 20.4 Å². The standard InChI is InChI=1S/C24H19ClF2N6O3S/c1-32-16(5-6-29-32)30-23-28-8-14(26)19(31-23)20-18(27)17-21(37-20)24(10-36-11-24)33(22(17)35)15(9-34)12-3-2-4-13(25)7-12/h2-8,15,34H,9-11H2,1H3,(H,28,30,31). The number of aliphatic hydroxyl groups is 1. The first-order chi connectivity index (χ1) is 17.8. The second-order valence-corrected chi connectivity index (χ2v) is 10.2. The quantitative estimate of drug-likeness (QED) is 0.377. The molecule has 2 N–H and O–H groups in total. The number of aromatic nitrogens is 4. The predicted octanol–water partition coefficient (Wildman–Crippen LogP) is 4.03. The summed E-state index contributed by atoms with van der Waals surface area (Å²) in [7, 11) is 1.71. The summed E-state index contributed by atoms with van der Waals surface area (Å²) in [6.45, 7) is -0.176. The zero-order valence-corrected chi connectivity index (χ0v) is 20.9. The molecule has 5 heterocycles. The number of anilines is 2. The minimum Gasteiger partial charge on any atom is -0.394 e. The lowest BCUT2D eigenvalue weighted by atomic mass is 9.92. The number of halogens is 3. The van der Waals surface area contributed by atoms with Crippen LogP contribution in [0.1, 0.15) is 26.8 Å². The Morgan fingerprint density at radius 3 is 2.78 bits per heavy atom. The fourth-order valence-corrected chi connectivity index (χ4v) is 6.28. The van der Waals surface area contributed by atoms with Gasteiger partial charge in [-0.1, -0.05) is 23.7 Å². The van der Waals surface area contributed by atoms with E-state index in [1.54, 1.807) is 43.6 Å². The Morgan fingerprint density at radius 1 is 1.32 bits per heavy atom. The molecule has 0 saturated carbocycles. The normalized spacial score (nSPS) is 16.7. The average molecular weight is 545 g/mol. The summed E-state index contributed by atoms with van der Waals surface area (Å²) in [5.41, 5.74) is -0.813. The molecule has 4 aromatic rings. The number of rotatable bonds is 6. The molecule has 6 rings (SSSR count). The highest BCUT2D eigenvalue weighted by molar-refractivity contribution is 7.16. The molecule has 9 nitrogen and oxygen atoms in total. The van der Waals surface area contributed by atoms with Crippen molar-refractivity contribution in [3.63, 3.8) is 0 Å². The highest BCUT2D eigenvalue weighted by Crippen LogP contribution is 2.54. The molecule has 0 bridgehead atoms. The molecule has 3 aromatic heterocycles. The van der Waals surface area contributed by atoms with Crippen LogP contribution in [0.4, 0.5) is 20.5 Å². The number of hydrogen-bond acceptors (Lipinski definition) is 8. The van der Waals surface area contributed by atoms with Crippen molar-refractivity contribution in [2.45, 2.75) is 11.6 Å². The van der Waals surface area contributed by atoms with Gasteiger partial charge in [-0.25, -0.2) is 18.7 Å². The molecule has 1 unspecified atom stereocenters. The van der Waals surface area contributed by atoms with Crippen molar-refractivity contribution in [1.82, 2.24) is 24.6 Å². The molecule has 1 saturated heterocycles. The number of ether oxygens (including phenoxy) is 1. The Hall–Kier alpha value is -3.45. The first-order valence-electron chi connectivity index (χ1n) is 11.2. The Labute approximate surface area is 218 Å². The second kappa shape index (κ2) is 8.84. The van der Waals surface area contributed by atoms with Crippen LogP contribution < -0.4 is 5.32 Å². The maximum atomic E-state index is 15.9. The summed E-state index contributed by atoms with van der Waals surface area (Å²) in [5.74, 6) is -1.71. The van der Waals surface area contributed by atoms with Crippen molar-refractivity contribution in [3.8, 4) is 10.6 Å². The van der Waals surface area contributed by atoms with Crippen LogP contribution in [0.25, 0.3) is 10.6 Å². The Balaban J connectivity index is 1.42. The molecular formula is C24H19ClF2N6O3S. The van der Waals surface area contributed by atoms with Crippen LogP contribution >= 0.6 is 22.9 Å². The SMILES string of the molecule is Cn1nccc1Nc1ncc(F)c(-c2sc3c(c2F)C(=O)N(C(CO)c2cccc(Cl)c2)C32COC2)n1. The lowest BCUT2D eigenvalue weighted by Gasteiger charge is -2.48. The van der Waals surface area contributed by atoms with E-state index in [0.717, 1.165) is 17.5 Å². The Bertz CT molecular complexity index is 1540. The first-order valence-corrected chi connectivity index (χ1v) is 12.4. The molecule has 1 amide bonds. The third kappa shape index (κ3) is 3.62. The number of thiophene rings is 1. The lowest BCUT2D eigenvalue weighted by Crippen LogP contribution is -2.58. The van der Waals surface area contributed by atoms with E-state index in [4.69, 9.17) is 16.3 Å². The van der Waals surface area contributed by atoms with Crippen LogP contribution in [0.3, 0.4) is 0 Å². The maximum absolute atomic E-state index is 15.9. The summed E-state index contributed by atoms with van der Waals surface area (Å²) in [6.07, 6.45) is 2.51. The van der Waals surface area contributed by atoms with E-state index >= 15 is 4.39 Å². The van der Waals surface area contributed by atoms with E-state index in [1.807, 2.05) is 0 Å². The minimum atomic E-state index is -0.995. The van der Waals surface area contributed by atoms with Crippen LogP contribution in [0.2, 0.25) is 5.02 Å². The van der Waals surface area contributed by atoms with E-state index in [1.165, 1.54) is 9.58 Å². The van der Waals surface area contributed by atoms with E-state index < -0.39 is 35.7 Å². The number of carbonyl (C=O) groups is 1. The molecule has 2 aliphatic rings. The van der Waals surface area contributed by atoms with Gasteiger partial charge in [0.1, 0.15) is 17.1 Å². The molecule has 0 aliphatic carbocycles. The summed E-state index contributed by atoms with van der Waals surface area (Å²) >= 11 is 7.10. The predicted molar refractivity (Wildman–Crippen MR) is 132 cm³/mol. The van der Waals surface area contributed by atoms with Crippen LogP contribution in [0.5, 0.6) is 0 Å². The molecule has 2 aliphatic heterocycles. The third-order valence-electron chi connectivity index (χ3n) is 6.59. The number of fused-ring (bicyclic) bond motifs is 2. The summed E-state index contributed by atoms with van der Waals surface area (Å²) in [4.78, 5) is 23.6. The van der Waals surface area contributed by atoms with Crippen LogP contribution in [-0.2, 0) is 17.3 Å². The highest BCUT2D eigenvalue weighted by Gasteiger charge is 2.60. The van der Waals surface area contributed by atoms with Gasteiger partial charge in [-0.05, 0) is 17.7 Å². The van der Waals surface area contributed by atoms with Crippen molar-refractivity contribution in [3.05, 3.63) is 75.4 Å². The molecule has 13 heteroatoms. The number of benzene rings is 1. The molecule has 1 fully saturated rings. The van der Waals surface area contributed by atoms with Gasteiger partial charge in [0.2, 0.25) is 5.95 Å². The fraction of sp³-hybridized carbons (Fsp3) is 0.250. The Kier molecular flexibility index (Phi) is 5.71. The van der Waals surface area contributed by atoms with Gasteiger partial charge < -0.3 is 20.1 Å². The number of nitrogens with one attached hydrogen (secondary N) is 1. The molecule has 1 aromatic carbocycles. The van der Waals surface area contributed by atoms with Gasteiger partial charge in [-0.2, -0.15) is 5.10 Å². The molecule has 1 atom stereocenters. The van der Waals surface area contributed by atoms with Crippen molar-refractivity contribution in [1.29, 1.82) is 0 Å². The minimum absolute atomic E-state index is 0.0453. The highest BCUT2D eigenvalue weighted by atomic mass is 35.5. The summed E-state index contributed by atoms with van der Waals surface area (Å²) < 4.78 is 37.8. The zero-order valence-electron chi connectivity index (χ0n) is 19.3. The Morgan fingerprint density at radius 2 is 2.14 bits per heavy atom.